The van der Waals surface area contributed by atoms with Crippen molar-refractivity contribution in [2.24, 2.45) is 0 Å². The summed E-state index contributed by atoms with van der Waals surface area (Å²) >= 11 is 0. The second-order valence-electron chi connectivity index (χ2n) is 9.74. The number of methoxy groups -OCH3 is 1. The van der Waals surface area contributed by atoms with E-state index in [4.69, 9.17) is 9.26 Å². The molecule has 1 aromatic heterocycles. The molecule has 0 bridgehead atoms. The lowest BCUT2D eigenvalue weighted by Crippen LogP contribution is -2.46. The Morgan fingerprint density at radius 3 is 2.67 bits per heavy atom. The minimum atomic E-state index is -0.906. The average Bonchev–Trinajstić information content (AvgIpc) is 3.26. The van der Waals surface area contributed by atoms with Gasteiger partial charge in [0.05, 0.1) is 25.2 Å². The molecule has 9 nitrogen and oxygen atoms in total. The molecule has 0 saturated heterocycles. The van der Waals surface area contributed by atoms with E-state index in [-0.39, 0.29) is 29.4 Å². The van der Waals surface area contributed by atoms with Crippen LogP contribution in [-0.2, 0) is 27.8 Å². The smallest absolute Gasteiger partial charge is 0.251 e. The van der Waals surface area contributed by atoms with Crippen molar-refractivity contribution in [1.29, 1.82) is 5.26 Å². The van der Waals surface area contributed by atoms with Gasteiger partial charge in [0.2, 0.25) is 5.91 Å². The number of carbonyl (C=O) groups is 2. The minimum Gasteiger partial charge on any atom is -0.497 e. The number of aromatic hydroxyl groups is 1. The third kappa shape index (κ3) is 5.03. The molecule has 36 heavy (non-hydrogen) atoms. The number of nitrogens with zero attached hydrogens (tertiary/aromatic N) is 3. The van der Waals surface area contributed by atoms with E-state index in [0.717, 1.165) is 11.1 Å². The van der Waals surface area contributed by atoms with Crippen LogP contribution in [0.15, 0.2) is 47.0 Å². The maximum atomic E-state index is 13.6. The quantitative estimate of drug-likeness (QED) is 0.558. The molecule has 9 heteroatoms. The van der Waals surface area contributed by atoms with Gasteiger partial charge in [-0.25, -0.2) is 0 Å². The SMILES string of the molecule is COc1ccc2c(c1)CCN(C(=O)Cc1cc(O)no1)[C@H]2C(=O)Nc1ccc(C(C)(C)C)c(C#N)c1. The van der Waals surface area contributed by atoms with Gasteiger partial charge in [-0.1, -0.05) is 32.9 Å². The third-order valence-electron chi connectivity index (χ3n) is 6.23. The van der Waals surface area contributed by atoms with Crippen molar-refractivity contribution in [3.63, 3.8) is 0 Å². The van der Waals surface area contributed by atoms with Crippen molar-refractivity contribution in [3.05, 3.63) is 70.5 Å². The van der Waals surface area contributed by atoms with Crippen molar-refractivity contribution >= 4 is 17.5 Å². The normalized spacial score (nSPS) is 15.1. The van der Waals surface area contributed by atoms with Crippen LogP contribution in [0.25, 0.3) is 0 Å². The molecule has 2 amide bonds. The number of fused-ring (bicyclic) bond motifs is 1. The zero-order valence-electron chi connectivity index (χ0n) is 20.7. The van der Waals surface area contributed by atoms with E-state index in [1.54, 1.807) is 31.4 Å². The molecule has 0 spiro atoms. The Hall–Kier alpha value is -4.32. The summed E-state index contributed by atoms with van der Waals surface area (Å²) in [7, 11) is 1.57. The lowest BCUT2D eigenvalue weighted by Gasteiger charge is -2.36. The molecule has 0 aliphatic carbocycles. The van der Waals surface area contributed by atoms with Gasteiger partial charge in [-0.3, -0.25) is 9.59 Å². The van der Waals surface area contributed by atoms with E-state index in [2.05, 4.69) is 16.5 Å². The Labute approximate surface area is 209 Å². The first-order valence-corrected chi connectivity index (χ1v) is 11.6. The zero-order chi connectivity index (χ0) is 26.0. The van der Waals surface area contributed by atoms with Crippen LogP contribution in [0.4, 0.5) is 5.69 Å². The van der Waals surface area contributed by atoms with Crippen LogP contribution >= 0.6 is 0 Å². The van der Waals surface area contributed by atoms with Gasteiger partial charge < -0.3 is 24.6 Å². The monoisotopic (exact) mass is 488 g/mol. The van der Waals surface area contributed by atoms with Crippen LogP contribution in [0.5, 0.6) is 11.6 Å². The third-order valence-corrected chi connectivity index (χ3v) is 6.23. The summed E-state index contributed by atoms with van der Waals surface area (Å²) in [6.07, 6.45) is 0.393. The fourth-order valence-electron chi connectivity index (χ4n) is 4.50. The molecule has 1 atom stereocenters. The average molecular weight is 489 g/mol. The van der Waals surface area contributed by atoms with Crippen LogP contribution in [0, 0.1) is 11.3 Å². The van der Waals surface area contributed by atoms with Crippen molar-refractivity contribution in [2.45, 2.75) is 45.1 Å². The fraction of sp³-hybridized carbons (Fsp3) is 0.333. The molecule has 1 aliphatic rings. The molecule has 4 rings (SSSR count). The molecule has 2 N–H and O–H groups in total. The summed E-state index contributed by atoms with van der Waals surface area (Å²) in [5.41, 5.74) is 3.21. The number of nitriles is 1. The van der Waals surface area contributed by atoms with E-state index in [9.17, 15) is 20.0 Å². The van der Waals surface area contributed by atoms with Crippen LogP contribution < -0.4 is 10.1 Å². The molecule has 2 heterocycles. The highest BCUT2D eigenvalue weighted by molar-refractivity contribution is 5.98. The second-order valence-corrected chi connectivity index (χ2v) is 9.74. The predicted molar refractivity (Wildman–Crippen MR) is 132 cm³/mol. The second kappa shape index (κ2) is 9.74. The van der Waals surface area contributed by atoms with Crippen molar-refractivity contribution in [3.8, 4) is 17.7 Å². The van der Waals surface area contributed by atoms with Gasteiger partial charge in [0, 0.05) is 18.3 Å². The summed E-state index contributed by atoms with van der Waals surface area (Å²) in [5.74, 6) is -0.180. The van der Waals surface area contributed by atoms with Crippen LogP contribution in [0.1, 0.15) is 54.8 Å². The first kappa shape index (κ1) is 24.8. The number of nitrogens with one attached hydrogen (secondary N) is 1. The number of amides is 2. The molecular formula is C27H28N4O5. The van der Waals surface area contributed by atoms with Crippen molar-refractivity contribution in [1.82, 2.24) is 10.1 Å². The lowest BCUT2D eigenvalue weighted by atomic mass is 9.84. The number of rotatable bonds is 5. The highest BCUT2D eigenvalue weighted by Gasteiger charge is 2.36. The van der Waals surface area contributed by atoms with E-state index in [1.165, 1.54) is 11.0 Å². The van der Waals surface area contributed by atoms with E-state index in [0.29, 0.717) is 35.5 Å². The molecule has 186 valence electrons. The maximum Gasteiger partial charge on any atom is 0.251 e. The summed E-state index contributed by atoms with van der Waals surface area (Å²) in [4.78, 5) is 28.4. The number of anilines is 1. The van der Waals surface area contributed by atoms with Crippen LogP contribution in [0.2, 0.25) is 0 Å². The summed E-state index contributed by atoms with van der Waals surface area (Å²) < 4.78 is 10.3. The summed E-state index contributed by atoms with van der Waals surface area (Å²) in [5, 5.41) is 25.4. The number of hydrogen-bond acceptors (Lipinski definition) is 7. The summed E-state index contributed by atoms with van der Waals surface area (Å²) in [6.45, 7) is 6.37. The van der Waals surface area contributed by atoms with Crippen molar-refractivity contribution in [2.75, 3.05) is 19.0 Å². The van der Waals surface area contributed by atoms with E-state index >= 15 is 0 Å². The largest absolute Gasteiger partial charge is 0.497 e. The van der Waals surface area contributed by atoms with Gasteiger partial charge in [-0.15, -0.1) is 0 Å². The van der Waals surface area contributed by atoms with Gasteiger partial charge in [0.1, 0.15) is 17.6 Å². The van der Waals surface area contributed by atoms with Crippen LogP contribution in [-0.4, -0.2) is 40.6 Å². The maximum absolute atomic E-state index is 13.6. The van der Waals surface area contributed by atoms with E-state index < -0.39 is 11.9 Å². The predicted octanol–water partition coefficient (Wildman–Crippen LogP) is 3.87. The zero-order valence-corrected chi connectivity index (χ0v) is 20.7. The fourth-order valence-corrected chi connectivity index (χ4v) is 4.50. The number of hydrogen-bond donors (Lipinski definition) is 2. The Bertz CT molecular complexity index is 1350. The molecule has 0 radical (unpaired) electrons. The number of ether oxygens (including phenoxy) is 1. The van der Waals surface area contributed by atoms with Gasteiger partial charge in [-0.05, 0) is 57.9 Å². The summed E-state index contributed by atoms with van der Waals surface area (Å²) in [6, 6.07) is 13.3. The van der Waals surface area contributed by atoms with Gasteiger partial charge >= 0.3 is 0 Å². The molecule has 0 fully saturated rings. The van der Waals surface area contributed by atoms with Crippen molar-refractivity contribution < 1.29 is 24.0 Å². The number of benzene rings is 2. The molecule has 2 aromatic carbocycles. The highest BCUT2D eigenvalue weighted by atomic mass is 16.5. The van der Waals surface area contributed by atoms with Gasteiger partial charge in [0.25, 0.3) is 11.8 Å². The Kier molecular flexibility index (Phi) is 6.71. The Morgan fingerprint density at radius 2 is 2.03 bits per heavy atom. The molecule has 3 aromatic rings. The first-order valence-electron chi connectivity index (χ1n) is 11.6. The van der Waals surface area contributed by atoms with Crippen LogP contribution in [0.3, 0.4) is 0 Å². The molecule has 0 saturated carbocycles. The van der Waals surface area contributed by atoms with Gasteiger partial charge in [-0.2, -0.15) is 5.26 Å². The topological polar surface area (TPSA) is 129 Å². The Balaban J connectivity index is 1.67. The Morgan fingerprint density at radius 1 is 1.25 bits per heavy atom. The molecular weight excluding hydrogens is 460 g/mol. The van der Waals surface area contributed by atoms with Gasteiger partial charge in [0.15, 0.2) is 0 Å². The molecule has 1 aliphatic heterocycles. The standard InChI is InChI=1S/C27H28N4O5/c1-27(2,3)22-8-5-18(11-17(22)15-28)29-26(34)25-21-7-6-19(35-4)12-16(21)9-10-31(25)24(33)14-20-13-23(32)30-36-20/h5-8,11-13,25H,9-10,14H2,1-4H3,(H,29,34)(H,30,32)/t25-/m1/s1. The van der Waals surface area contributed by atoms with E-state index in [1.807, 2.05) is 32.9 Å². The number of carbonyl (C=O) groups excluding carboxylic acids is 2. The minimum absolute atomic E-state index is 0.151. The lowest BCUT2D eigenvalue weighted by molar-refractivity contribution is -0.139. The highest BCUT2D eigenvalue weighted by Crippen LogP contribution is 2.34. The number of aromatic nitrogens is 1. The molecule has 0 unspecified atom stereocenters. The first-order chi connectivity index (χ1) is 17.1.